The summed E-state index contributed by atoms with van der Waals surface area (Å²) >= 11 is 6.02. The zero-order valence-corrected chi connectivity index (χ0v) is 24.8. The van der Waals surface area contributed by atoms with E-state index >= 15 is 0 Å². The van der Waals surface area contributed by atoms with Crippen molar-refractivity contribution in [3.05, 3.63) is 35.6 Å². The zero-order chi connectivity index (χ0) is 28.4. The molecule has 0 radical (unpaired) electrons. The fourth-order valence-corrected chi connectivity index (χ4v) is 6.04. The van der Waals surface area contributed by atoms with Crippen LogP contribution in [0.1, 0.15) is 47.0 Å². The quantitative estimate of drug-likeness (QED) is 0.141. The minimum atomic E-state index is -1.69. The first kappa shape index (κ1) is 29.0. The number of hydrogen-bond acceptors (Lipinski definition) is 12. The van der Waals surface area contributed by atoms with Gasteiger partial charge in [0, 0.05) is 17.0 Å². The number of benzene rings is 1. The van der Waals surface area contributed by atoms with E-state index < -0.39 is 14.6 Å². The van der Waals surface area contributed by atoms with Crippen molar-refractivity contribution in [3.8, 4) is 5.75 Å². The van der Waals surface area contributed by atoms with Crippen LogP contribution in [0.2, 0.25) is 5.02 Å². The number of ether oxygens (including phenoxy) is 2. The first-order valence-corrected chi connectivity index (χ1v) is 15.1. The number of fused-ring (bicyclic) bond motifs is 1. The van der Waals surface area contributed by atoms with Gasteiger partial charge in [-0.3, -0.25) is 9.80 Å². The Kier molecular flexibility index (Phi) is 9.14. The number of carbonyl (C=O) groups is 1. The molecule has 0 bridgehead atoms. The summed E-state index contributed by atoms with van der Waals surface area (Å²) in [5.74, 6) is 8.22. The molecule has 218 valence electrons. The monoisotopic (exact) mass is 593 g/mol. The molecule has 5 rings (SSSR count). The molecule has 5 unspecified atom stereocenters. The van der Waals surface area contributed by atoms with Crippen molar-refractivity contribution in [2.45, 2.75) is 77.5 Å². The third-order valence-corrected chi connectivity index (χ3v) is 8.45. The lowest BCUT2D eigenvalue weighted by Crippen LogP contribution is -2.39. The van der Waals surface area contributed by atoms with Crippen LogP contribution in [-0.4, -0.2) is 59.7 Å². The lowest BCUT2D eigenvalue weighted by Gasteiger charge is -2.28. The van der Waals surface area contributed by atoms with Gasteiger partial charge in [0.1, 0.15) is 30.0 Å². The Bertz CT molecular complexity index is 1170. The molecule has 3 heterocycles. The second-order valence-electron chi connectivity index (χ2n) is 10.6. The lowest BCUT2D eigenvalue weighted by atomic mass is 10.1. The number of nitrogens with two attached hydrogens (primary N) is 1. The second kappa shape index (κ2) is 12.6. The maximum absolute atomic E-state index is 12.4. The van der Waals surface area contributed by atoms with E-state index in [0.717, 1.165) is 30.8 Å². The number of hydrogen-bond donors (Lipinski definition) is 3. The average molecular weight is 594 g/mol. The SMILES string of the molecule is CC(C)OC(=O)C(C)NP(OCC1CC(C)C(N2CNc3c(N(N)C4CC4)ncnc32)O1)Oc1ccc(Cl)cc1. The number of halogens is 1. The molecule has 0 amide bonds. The molecular weight excluding hydrogens is 557 g/mol. The van der Waals surface area contributed by atoms with Gasteiger partial charge in [0.25, 0.3) is 0 Å². The Morgan fingerprint density at radius 2 is 2.05 bits per heavy atom. The molecule has 14 heteroatoms. The minimum Gasteiger partial charge on any atom is -0.462 e. The number of nitrogens with zero attached hydrogens (tertiary/aromatic N) is 4. The fraction of sp³-hybridized carbons (Fsp3) is 0.577. The Hall–Kier alpha value is -2.47. The summed E-state index contributed by atoms with van der Waals surface area (Å²) in [6.45, 7) is 8.32. The van der Waals surface area contributed by atoms with Crippen LogP contribution in [0.4, 0.5) is 17.3 Å². The molecule has 3 aliphatic rings. The van der Waals surface area contributed by atoms with E-state index in [0.29, 0.717) is 29.3 Å². The Morgan fingerprint density at radius 1 is 1.30 bits per heavy atom. The van der Waals surface area contributed by atoms with Gasteiger partial charge in [0.05, 0.1) is 25.5 Å². The largest absolute Gasteiger partial charge is 0.462 e. The summed E-state index contributed by atoms with van der Waals surface area (Å²) < 4.78 is 24.1. The van der Waals surface area contributed by atoms with Crippen LogP contribution in [-0.2, 0) is 18.8 Å². The van der Waals surface area contributed by atoms with Gasteiger partial charge in [-0.2, -0.15) is 0 Å². The van der Waals surface area contributed by atoms with Gasteiger partial charge >= 0.3 is 14.5 Å². The molecule has 1 saturated heterocycles. The van der Waals surface area contributed by atoms with Gasteiger partial charge in [0.15, 0.2) is 11.6 Å². The molecule has 2 aliphatic heterocycles. The highest BCUT2D eigenvalue weighted by molar-refractivity contribution is 7.45. The van der Waals surface area contributed by atoms with Crippen molar-refractivity contribution >= 4 is 43.4 Å². The van der Waals surface area contributed by atoms with E-state index in [-0.39, 0.29) is 36.9 Å². The number of carbonyl (C=O) groups excluding carboxylic acids is 1. The van der Waals surface area contributed by atoms with E-state index in [9.17, 15) is 4.79 Å². The molecule has 1 aromatic heterocycles. The molecular formula is C26H37ClN7O5P. The smallest absolute Gasteiger partial charge is 0.323 e. The topological polar surface area (TPSA) is 136 Å². The molecule has 2 fully saturated rings. The highest BCUT2D eigenvalue weighted by Gasteiger charge is 2.42. The van der Waals surface area contributed by atoms with Crippen LogP contribution in [0.3, 0.4) is 0 Å². The molecule has 2 aromatic rings. The molecule has 4 N–H and O–H groups in total. The molecule has 0 spiro atoms. The van der Waals surface area contributed by atoms with E-state index in [4.69, 9.17) is 36.0 Å². The normalized spacial score (nSPS) is 23.5. The molecule has 12 nitrogen and oxygen atoms in total. The van der Waals surface area contributed by atoms with Crippen molar-refractivity contribution < 1.29 is 23.3 Å². The van der Waals surface area contributed by atoms with E-state index in [2.05, 4.69) is 32.2 Å². The number of anilines is 3. The van der Waals surface area contributed by atoms with Gasteiger partial charge in [0.2, 0.25) is 0 Å². The van der Waals surface area contributed by atoms with Crippen LogP contribution in [0.15, 0.2) is 30.6 Å². The van der Waals surface area contributed by atoms with Crippen molar-refractivity contribution in [2.75, 3.05) is 28.5 Å². The molecule has 40 heavy (non-hydrogen) atoms. The van der Waals surface area contributed by atoms with Gasteiger partial charge < -0.3 is 28.7 Å². The number of rotatable bonds is 12. The van der Waals surface area contributed by atoms with E-state index in [1.54, 1.807) is 42.5 Å². The van der Waals surface area contributed by atoms with E-state index in [1.165, 1.54) is 0 Å². The van der Waals surface area contributed by atoms with Crippen molar-refractivity contribution in [2.24, 2.45) is 11.8 Å². The number of nitrogens with one attached hydrogen (secondary N) is 2. The Morgan fingerprint density at radius 3 is 2.75 bits per heavy atom. The maximum Gasteiger partial charge on any atom is 0.323 e. The first-order chi connectivity index (χ1) is 19.2. The minimum absolute atomic E-state index is 0.179. The highest BCUT2D eigenvalue weighted by atomic mass is 35.5. The zero-order valence-electron chi connectivity index (χ0n) is 23.1. The Balaban J connectivity index is 1.22. The molecule has 5 atom stereocenters. The average Bonchev–Trinajstić information content (AvgIpc) is 3.58. The summed E-state index contributed by atoms with van der Waals surface area (Å²) in [6, 6.07) is 6.67. The van der Waals surface area contributed by atoms with Crippen LogP contribution >= 0.6 is 20.1 Å². The number of hydrazine groups is 1. The van der Waals surface area contributed by atoms with Gasteiger partial charge in [-0.15, -0.1) is 0 Å². The van der Waals surface area contributed by atoms with Crippen molar-refractivity contribution in [1.29, 1.82) is 0 Å². The molecule has 1 aromatic carbocycles. The first-order valence-electron chi connectivity index (χ1n) is 13.6. The van der Waals surface area contributed by atoms with Gasteiger partial charge in [-0.05, 0) is 64.3 Å². The second-order valence-corrected chi connectivity index (χ2v) is 12.3. The van der Waals surface area contributed by atoms with E-state index in [1.807, 2.05) is 13.8 Å². The van der Waals surface area contributed by atoms with Crippen molar-refractivity contribution in [1.82, 2.24) is 15.1 Å². The number of aromatic nitrogens is 2. The van der Waals surface area contributed by atoms with Crippen LogP contribution in [0, 0.1) is 5.92 Å². The predicted octanol–water partition coefficient (Wildman–Crippen LogP) is 4.17. The standard InChI is InChI=1S/C26H37ClN7O5P/c1-15(2)37-26(35)17(4)32-40(39-20-9-5-18(27)6-10-20)36-12-21-11-16(3)25(38-21)33-14-31-22-23(33)29-13-30-24(22)34(28)19-7-8-19/h5-6,9-10,13,15-17,19,21,25,31-32H,7-8,11-12,14,28H2,1-4H3. The van der Waals surface area contributed by atoms with Crippen LogP contribution in [0.25, 0.3) is 0 Å². The number of esters is 1. The predicted molar refractivity (Wildman–Crippen MR) is 154 cm³/mol. The Labute approximate surface area is 240 Å². The van der Waals surface area contributed by atoms with Crippen LogP contribution < -0.4 is 30.7 Å². The summed E-state index contributed by atoms with van der Waals surface area (Å²) in [4.78, 5) is 23.5. The fourth-order valence-electron chi connectivity index (χ4n) is 4.70. The van der Waals surface area contributed by atoms with Crippen molar-refractivity contribution in [3.63, 3.8) is 0 Å². The summed E-state index contributed by atoms with van der Waals surface area (Å²) in [7, 11) is -1.69. The van der Waals surface area contributed by atoms with Crippen LogP contribution in [0.5, 0.6) is 5.75 Å². The van der Waals surface area contributed by atoms with Gasteiger partial charge in [-0.25, -0.2) is 20.9 Å². The lowest BCUT2D eigenvalue weighted by molar-refractivity contribution is -0.149. The molecule has 1 saturated carbocycles. The summed E-state index contributed by atoms with van der Waals surface area (Å²) in [5.41, 5.74) is 0.832. The third kappa shape index (κ3) is 6.87. The highest BCUT2D eigenvalue weighted by Crippen LogP contribution is 2.43. The van der Waals surface area contributed by atoms with Gasteiger partial charge in [-0.1, -0.05) is 18.5 Å². The third-order valence-electron chi connectivity index (χ3n) is 6.83. The summed E-state index contributed by atoms with van der Waals surface area (Å²) in [5, 5.41) is 8.88. The molecule has 1 aliphatic carbocycles. The maximum atomic E-state index is 12.4. The summed E-state index contributed by atoms with van der Waals surface area (Å²) in [6.07, 6.45) is 3.87.